The Morgan fingerprint density at radius 1 is 1.64 bits per heavy atom. The van der Waals surface area contributed by atoms with Crippen molar-refractivity contribution in [2.45, 2.75) is 26.3 Å². The van der Waals surface area contributed by atoms with Gasteiger partial charge in [0.2, 0.25) is 0 Å². The molecule has 14 heavy (non-hydrogen) atoms. The molecule has 0 bridgehead atoms. The van der Waals surface area contributed by atoms with E-state index >= 15 is 0 Å². The minimum Gasteiger partial charge on any atom is -0.392 e. The van der Waals surface area contributed by atoms with E-state index in [1.54, 1.807) is 0 Å². The maximum Gasteiger partial charge on any atom is 0.0870 e. The van der Waals surface area contributed by atoms with Gasteiger partial charge in [-0.2, -0.15) is 0 Å². The van der Waals surface area contributed by atoms with Crippen LogP contribution in [0, 0.1) is 5.92 Å². The number of nitrogens with zero attached hydrogens (tertiary/aromatic N) is 1. The van der Waals surface area contributed by atoms with Gasteiger partial charge in [-0.3, -0.25) is 4.90 Å². The van der Waals surface area contributed by atoms with Crippen LogP contribution in [0.2, 0.25) is 0 Å². The fourth-order valence-corrected chi connectivity index (χ4v) is 1.88. The van der Waals surface area contributed by atoms with Crippen LogP contribution in [0.3, 0.4) is 0 Å². The van der Waals surface area contributed by atoms with E-state index in [1.807, 2.05) is 0 Å². The molecule has 0 aromatic carbocycles. The fourth-order valence-electron chi connectivity index (χ4n) is 1.72. The van der Waals surface area contributed by atoms with Gasteiger partial charge in [0.05, 0.1) is 11.6 Å². The molecule has 1 unspecified atom stereocenters. The molecule has 4 heteroatoms. The molecule has 0 amide bonds. The number of hydrogen-bond donors (Lipinski definition) is 1. The predicted octanol–water partition coefficient (Wildman–Crippen LogP) is 1.02. The minimum atomic E-state index is 0.497. The zero-order chi connectivity index (χ0) is 10.6. The highest BCUT2D eigenvalue weighted by molar-refractivity contribution is 7.80. The topological polar surface area (TPSA) is 38.5 Å². The number of nitrogens with two attached hydrogens (primary N) is 1. The molecule has 2 N–H and O–H groups in total. The monoisotopic (exact) mass is 216 g/mol. The van der Waals surface area contributed by atoms with Crippen LogP contribution in [-0.4, -0.2) is 42.2 Å². The Morgan fingerprint density at radius 2 is 2.36 bits per heavy atom. The Bertz CT molecular complexity index is 191. The van der Waals surface area contributed by atoms with Gasteiger partial charge in [0.25, 0.3) is 0 Å². The van der Waals surface area contributed by atoms with E-state index in [4.69, 9.17) is 22.7 Å². The molecule has 3 nitrogen and oxygen atoms in total. The summed E-state index contributed by atoms with van der Waals surface area (Å²) < 4.78 is 5.35. The SMILES string of the molecule is CC(C)N(CC(N)=S)CC1CCOC1. The van der Waals surface area contributed by atoms with Crippen molar-refractivity contribution in [3.63, 3.8) is 0 Å². The molecule has 0 aromatic heterocycles. The summed E-state index contributed by atoms with van der Waals surface area (Å²) in [5.41, 5.74) is 5.56. The Balaban J connectivity index is 2.37. The highest BCUT2D eigenvalue weighted by Crippen LogP contribution is 2.15. The van der Waals surface area contributed by atoms with E-state index in [0.717, 1.165) is 26.3 Å². The molecule has 0 aliphatic carbocycles. The summed E-state index contributed by atoms with van der Waals surface area (Å²) in [6.07, 6.45) is 1.17. The molecule has 1 aliphatic heterocycles. The van der Waals surface area contributed by atoms with Crippen molar-refractivity contribution in [3.05, 3.63) is 0 Å². The van der Waals surface area contributed by atoms with Gasteiger partial charge in [0.1, 0.15) is 0 Å². The Hall–Kier alpha value is -0.190. The largest absolute Gasteiger partial charge is 0.392 e. The lowest BCUT2D eigenvalue weighted by atomic mass is 10.1. The van der Waals surface area contributed by atoms with Crippen molar-refractivity contribution in [2.24, 2.45) is 11.7 Å². The second-order valence-electron chi connectivity index (χ2n) is 4.22. The summed E-state index contributed by atoms with van der Waals surface area (Å²) in [5.74, 6) is 0.659. The smallest absolute Gasteiger partial charge is 0.0870 e. The summed E-state index contributed by atoms with van der Waals surface area (Å²) in [5, 5.41) is 0. The predicted molar refractivity (Wildman–Crippen MR) is 62.4 cm³/mol. The molecule has 1 fully saturated rings. The highest BCUT2D eigenvalue weighted by Gasteiger charge is 2.20. The Kier molecular flexibility index (Phi) is 4.78. The van der Waals surface area contributed by atoms with Crippen LogP contribution in [0.25, 0.3) is 0 Å². The van der Waals surface area contributed by atoms with E-state index in [0.29, 0.717) is 16.9 Å². The first-order valence-corrected chi connectivity index (χ1v) is 5.60. The van der Waals surface area contributed by atoms with Gasteiger partial charge in [-0.05, 0) is 26.2 Å². The zero-order valence-electron chi connectivity index (χ0n) is 9.03. The van der Waals surface area contributed by atoms with Gasteiger partial charge in [0.15, 0.2) is 0 Å². The second-order valence-corrected chi connectivity index (χ2v) is 4.74. The summed E-state index contributed by atoms with van der Waals surface area (Å²) in [6, 6.07) is 0.497. The van der Waals surface area contributed by atoms with E-state index in [1.165, 1.54) is 6.42 Å². The highest BCUT2D eigenvalue weighted by atomic mass is 32.1. The fraction of sp³-hybridized carbons (Fsp3) is 0.900. The van der Waals surface area contributed by atoms with Crippen LogP contribution in [-0.2, 0) is 4.74 Å². The summed E-state index contributed by atoms with van der Waals surface area (Å²) in [7, 11) is 0. The first-order chi connectivity index (χ1) is 6.59. The van der Waals surface area contributed by atoms with E-state index in [9.17, 15) is 0 Å². The molecule has 1 saturated heterocycles. The molecule has 0 aromatic rings. The van der Waals surface area contributed by atoms with Gasteiger partial charge < -0.3 is 10.5 Å². The quantitative estimate of drug-likeness (QED) is 0.696. The molecule has 0 spiro atoms. The minimum absolute atomic E-state index is 0.497. The summed E-state index contributed by atoms with van der Waals surface area (Å²) in [6.45, 7) is 7.92. The van der Waals surface area contributed by atoms with Gasteiger partial charge in [-0.1, -0.05) is 12.2 Å². The van der Waals surface area contributed by atoms with Crippen molar-refractivity contribution in [1.82, 2.24) is 4.90 Å². The van der Waals surface area contributed by atoms with Gasteiger partial charge >= 0.3 is 0 Å². The maximum absolute atomic E-state index is 5.56. The van der Waals surface area contributed by atoms with Crippen LogP contribution in [0.4, 0.5) is 0 Å². The average molecular weight is 216 g/mol. The zero-order valence-corrected chi connectivity index (χ0v) is 9.85. The molecular formula is C10H20N2OS. The Labute approximate surface area is 91.6 Å². The van der Waals surface area contributed by atoms with E-state index in [2.05, 4.69) is 18.7 Å². The third-order valence-corrected chi connectivity index (χ3v) is 2.74. The first-order valence-electron chi connectivity index (χ1n) is 5.19. The van der Waals surface area contributed by atoms with Crippen molar-refractivity contribution in [1.29, 1.82) is 0 Å². The standard InChI is InChI=1S/C10H20N2OS/c1-8(2)12(6-10(11)14)5-9-3-4-13-7-9/h8-9H,3-7H2,1-2H3,(H2,11,14). The number of ether oxygens (including phenoxy) is 1. The number of rotatable bonds is 5. The number of hydrogen-bond acceptors (Lipinski definition) is 3. The first kappa shape index (κ1) is 11.9. The van der Waals surface area contributed by atoms with Crippen molar-refractivity contribution in [2.75, 3.05) is 26.3 Å². The third kappa shape index (κ3) is 3.90. The third-order valence-electron chi connectivity index (χ3n) is 2.61. The molecule has 0 saturated carbocycles. The molecule has 1 aliphatic rings. The van der Waals surface area contributed by atoms with Crippen LogP contribution >= 0.6 is 12.2 Å². The molecule has 1 heterocycles. The van der Waals surface area contributed by atoms with Gasteiger partial charge in [-0.15, -0.1) is 0 Å². The van der Waals surface area contributed by atoms with E-state index in [-0.39, 0.29) is 0 Å². The molecule has 1 rings (SSSR count). The van der Waals surface area contributed by atoms with Gasteiger partial charge in [-0.25, -0.2) is 0 Å². The molecular weight excluding hydrogens is 196 g/mol. The van der Waals surface area contributed by atoms with Gasteiger partial charge in [0, 0.05) is 25.7 Å². The second kappa shape index (κ2) is 5.63. The van der Waals surface area contributed by atoms with Crippen molar-refractivity contribution < 1.29 is 4.74 Å². The van der Waals surface area contributed by atoms with Crippen LogP contribution in [0.15, 0.2) is 0 Å². The van der Waals surface area contributed by atoms with Crippen molar-refractivity contribution in [3.8, 4) is 0 Å². The van der Waals surface area contributed by atoms with Crippen LogP contribution in [0.5, 0.6) is 0 Å². The molecule has 82 valence electrons. The summed E-state index contributed by atoms with van der Waals surface area (Å²) in [4.78, 5) is 2.90. The lowest BCUT2D eigenvalue weighted by molar-refractivity contribution is 0.162. The molecule has 0 radical (unpaired) electrons. The van der Waals surface area contributed by atoms with E-state index < -0.39 is 0 Å². The van der Waals surface area contributed by atoms with Crippen LogP contribution < -0.4 is 5.73 Å². The normalized spacial score (nSPS) is 22.1. The number of thiocarbonyl (C=S) groups is 1. The average Bonchev–Trinajstić information content (AvgIpc) is 2.54. The van der Waals surface area contributed by atoms with Crippen molar-refractivity contribution >= 4 is 17.2 Å². The van der Waals surface area contributed by atoms with Crippen LogP contribution in [0.1, 0.15) is 20.3 Å². The Morgan fingerprint density at radius 3 is 2.79 bits per heavy atom. The molecule has 1 atom stereocenters. The summed E-state index contributed by atoms with van der Waals surface area (Å²) >= 11 is 4.94. The lowest BCUT2D eigenvalue weighted by Gasteiger charge is -2.28. The maximum atomic E-state index is 5.56. The lowest BCUT2D eigenvalue weighted by Crippen LogP contribution is -2.40.